The average molecular weight is 345 g/mol. The van der Waals surface area contributed by atoms with Crippen molar-refractivity contribution in [1.29, 1.82) is 0 Å². The molecule has 0 saturated carbocycles. The van der Waals surface area contributed by atoms with Crippen LogP contribution in [0.4, 0.5) is 0 Å². The Bertz CT molecular complexity index is 682. The summed E-state index contributed by atoms with van der Waals surface area (Å²) in [4.78, 5) is 11.7. The highest BCUT2D eigenvalue weighted by atomic mass is 35.5. The van der Waals surface area contributed by atoms with E-state index in [1.165, 1.54) is 10.7 Å². The van der Waals surface area contributed by atoms with E-state index in [0.29, 0.717) is 5.15 Å². The molecule has 2 rings (SSSR count). The quantitative estimate of drug-likeness (QED) is 0.626. The van der Waals surface area contributed by atoms with Crippen molar-refractivity contribution in [1.82, 2.24) is 20.0 Å². The maximum atomic E-state index is 11.7. The summed E-state index contributed by atoms with van der Waals surface area (Å²) in [5.74, 6) is 0.161. The summed E-state index contributed by atoms with van der Waals surface area (Å²) in [7, 11) is 0. The van der Waals surface area contributed by atoms with Crippen molar-refractivity contribution in [2.24, 2.45) is 5.41 Å². The summed E-state index contributed by atoms with van der Waals surface area (Å²) in [6.45, 7) is 4.96. The van der Waals surface area contributed by atoms with Crippen LogP contribution in [0.5, 0.6) is 5.75 Å². The smallest absolute Gasteiger partial charge is 0.314 e. The molecule has 0 unspecified atom stereocenters. The van der Waals surface area contributed by atoms with Gasteiger partial charge >= 0.3 is 5.97 Å². The van der Waals surface area contributed by atoms with Crippen molar-refractivity contribution in [3.63, 3.8) is 0 Å². The van der Waals surface area contributed by atoms with Crippen LogP contribution in [-0.4, -0.2) is 32.7 Å². The fraction of sp³-hybridized carbons (Fsp3) is 0.385. The van der Waals surface area contributed by atoms with Gasteiger partial charge in [-0.25, -0.2) is 4.68 Å². The van der Waals surface area contributed by atoms with Crippen molar-refractivity contribution in [3.05, 3.63) is 28.6 Å². The summed E-state index contributed by atoms with van der Waals surface area (Å²) in [6, 6.07) is 3.03. The zero-order valence-corrected chi connectivity index (χ0v) is 13.7. The predicted molar refractivity (Wildman–Crippen MR) is 80.2 cm³/mol. The number of esters is 1. The van der Waals surface area contributed by atoms with Gasteiger partial charge in [0.05, 0.1) is 5.41 Å². The van der Waals surface area contributed by atoms with Crippen LogP contribution < -0.4 is 4.74 Å². The summed E-state index contributed by atoms with van der Waals surface area (Å²) >= 11 is 11.6. The fourth-order valence-corrected chi connectivity index (χ4v) is 1.67. The average Bonchev–Trinajstić information content (AvgIpc) is 2.84. The van der Waals surface area contributed by atoms with Crippen LogP contribution in [0, 0.1) is 5.41 Å². The molecule has 0 fully saturated rings. The largest absolute Gasteiger partial charge is 0.453 e. The molecule has 0 aliphatic carbocycles. The molecule has 0 aliphatic heterocycles. The second-order valence-electron chi connectivity index (χ2n) is 5.38. The lowest BCUT2D eigenvalue weighted by molar-refractivity contribution is -0.159. The van der Waals surface area contributed by atoms with Gasteiger partial charge in [-0.2, -0.15) is 5.10 Å². The molecular weight excluding hydrogens is 331 g/mol. The third-order valence-corrected chi connectivity index (χ3v) is 2.89. The lowest BCUT2D eigenvalue weighted by Gasteiger charge is -2.17. The van der Waals surface area contributed by atoms with Crippen molar-refractivity contribution in [3.8, 4) is 11.6 Å². The molecular formula is C13H14Cl2N4O3. The minimum atomic E-state index is -0.615. The number of carbonyl (C=O) groups excluding carboxylic acids is 1. The van der Waals surface area contributed by atoms with Gasteiger partial charge in [0.15, 0.2) is 16.1 Å². The van der Waals surface area contributed by atoms with Gasteiger partial charge in [-0.3, -0.25) is 4.79 Å². The normalized spacial score (nSPS) is 11.3. The predicted octanol–water partition coefficient (Wildman–Crippen LogP) is 2.89. The molecule has 0 saturated heterocycles. The Morgan fingerprint density at radius 3 is 2.59 bits per heavy atom. The second-order valence-corrected chi connectivity index (χ2v) is 6.16. The molecule has 0 aliphatic rings. The number of halogens is 2. The van der Waals surface area contributed by atoms with Gasteiger partial charge < -0.3 is 9.47 Å². The zero-order valence-electron chi connectivity index (χ0n) is 12.2. The molecule has 0 bridgehead atoms. The van der Waals surface area contributed by atoms with Gasteiger partial charge in [0.2, 0.25) is 12.6 Å². The maximum absolute atomic E-state index is 11.7. The van der Waals surface area contributed by atoms with E-state index < -0.39 is 5.41 Å². The van der Waals surface area contributed by atoms with Crippen LogP contribution in [0.2, 0.25) is 10.3 Å². The molecule has 0 spiro atoms. The lowest BCUT2D eigenvalue weighted by atomic mass is 9.98. The summed E-state index contributed by atoms with van der Waals surface area (Å²) in [6.07, 6.45) is 1.59. The molecule has 2 heterocycles. The lowest BCUT2D eigenvalue weighted by Crippen LogP contribution is -2.24. The Balaban J connectivity index is 2.13. The van der Waals surface area contributed by atoms with Crippen LogP contribution >= 0.6 is 23.2 Å². The first kappa shape index (κ1) is 16.5. The van der Waals surface area contributed by atoms with Crippen LogP contribution in [0.3, 0.4) is 0 Å². The molecule has 9 heteroatoms. The zero-order chi connectivity index (χ0) is 16.3. The van der Waals surface area contributed by atoms with E-state index in [-0.39, 0.29) is 29.5 Å². The van der Waals surface area contributed by atoms with E-state index in [4.69, 9.17) is 32.7 Å². The number of rotatable bonds is 4. The van der Waals surface area contributed by atoms with Gasteiger partial charge in [0.1, 0.15) is 0 Å². The summed E-state index contributed by atoms with van der Waals surface area (Å²) in [5, 5.41) is 12.1. The maximum Gasteiger partial charge on any atom is 0.314 e. The SMILES string of the molecule is CC(C)(C)C(=O)OCOc1cc(Cl)nnc1-n1ccc(Cl)n1. The van der Waals surface area contributed by atoms with Crippen LogP contribution in [-0.2, 0) is 9.53 Å². The van der Waals surface area contributed by atoms with Gasteiger partial charge in [-0.05, 0) is 26.8 Å². The van der Waals surface area contributed by atoms with E-state index in [1.807, 2.05) is 0 Å². The van der Waals surface area contributed by atoms with Crippen molar-refractivity contribution in [2.45, 2.75) is 20.8 Å². The summed E-state index contributed by atoms with van der Waals surface area (Å²) < 4.78 is 11.8. The van der Waals surface area contributed by atoms with E-state index >= 15 is 0 Å². The Labute approximate surface area is 137 Å². The van der Waals surface area contributed by atoms with Gasteiger partial charge in [0.25, 0.3) is 0 Å². The highest BCUT2D eigenvalue weighted by molar-refractivity contribution is 6.29. The van der Waals surface area contributed by atoms with E-state index in [0.717, 1.165) is 0 Å². The van der Waals surface area contributed by atoms with Crippen LogP contribution in [0.1, 0.15) is 20.8 Å². The Kier molecular flexibility index (Phi) is 4.87. The highest BCUT2D eigenvalue weighted by Gasteiger charge is 2.23. The van der Waals surface area contributed by atoms with Gasteiger partial charge in [0, 0.05) is 12.3 Å². The number of hydrogen-bond donors (Lipinski definition) is 0. The minimum absolute atomic E-state index is 0.138. The highest BCUT2D eigenvalue weighted by Crippen LogP contribution is 2.23. The number of nitrogens with zero attached hydrogens (tertiary/aromatic N) is 4. The van der Waals surface area contributed by atoms with E-state index in [9.17, 15) is 4.79 Å². The number of hydrogen-bond acceptors (Lipinski definition) is 6. The third kappa shape index (κ3) is 4.08. The Morgan fingerprint density at radius 1 is 1.27 bits per heavy atom. The Morgan fingerprint density at radius 2 is 2.00 bits per heavy atom. The first-order valence-corrected chi connectivity index (χ1v) is 7.08. The van der Waals surface area contributed by atoms with Crippen LogP contribution in [0.25, 0.3) is 5.82 Å². The van der Waals surface area contributed by atoms with Crippen molar-refractivity contribution >= 4 is 29.2 Å². The number of aromatic nitrogens is 4. The summed E-state index contributed by atoms with van der Waals surface area (Å²) in [5.41, 5.74) is -0.615. The molecule has 22 heavy (non-hydrogen) atoms. The fourth-order valence-electron chi connectivity index (χ4n) is 1.39. The molecule has 0 amide bonds. The molecule has 0 N–H and O–H groups in total. The number of ether oxygens (including phenoxy) is 2. The van der Waals surface area contributed by atoms with Crippen molar-refractivity contribution < 1.29 is 14.3 Å². The number of carbonyl (C=O) groups is 1. The molecule has 118 valence electrons. The molecule has 2 aromatic heterocycles. The van der Waals surface area contributed by atoms with Gasteiger partial charge in [-0.1, -0.05) is 23.2 Å². The van der Waals surface area contributed by atoms with Gasteiger partial charge in [-0.15, -0.1) is 10.2 Å². The molecule has 0 radical (unpaired) electrons. The molecule has 2 aromatic rings. The van der Waals surface area contributed by atoms with Crippen LogP contribution in [0.15, 0.2) is 18.3 Å². The minimum Gasteiger partial charge on any atom is -0.453 e. The molecule has 0 aromatic carbocycles. The third-order valence-electron chi connectivity index (χ3n) is 2.50. The topological polar surface area (TPSA) is 79.1 Å². The molecule has 7 nitrogen and oxygen atoms in total. The standard InChI is InChI=1S/C13H14Cl2N4O3/c1-13(2,3)12(20)22-7-21-8-6-10(15)16-17-11(8)19-5-4-9(14)18-19/h4-6H,7H2,1-3H3. The van der Waals surface area contributed by atoms with E-state index in [2.05, 4.69) is 15.3 Å². The first-order chi connectivity index (χ1) is 10.3. The first-order valence-electron chi connectivity index (χ1n) is 6.32. The van der Waals surface area contributed by atoms with Crippen molar-refractivity contribution in [2.75, 3.05) is 6.79 Å². The van der Waals surface area contributed by atoms with E-state index in [1.54, 1.807) is 33.0 Å². The Hall–Kier alpha value is -1.86. The molecule has 0 atom stereocenters. The monoisotopic (exact) mass is 344 g/mol. The second kappa shape index (κ2) is 6.50.